The summed E-state index contributed by atoms with van der Waals surface area (Å²) in [5, 5.41) is 0. The number of aromatic nitrogens is 2. The van der Waals surface area contributed by atoms with Gasteiger partial charge in [0.15, 0.2) is 0 Å². The smallest absolute Gasteiger partial charge is 0.138 e. The number of benzene rings is 4. The molecule has 0 spiro atoms. The van der Waals surface area contributed by atoms with Crippen LogP contribution >= 0.6 is 0 Å². The summed E-state index contributed by atoms with van der Waals surface area (Å²) in [5.74, 6) is 0.128. The third-order valence-electron chi connectivity index (χ3n) is 6.02. The van der Waals surface area contributed by atoms with Gasteiger partial charge in [0.25, 0.3) is 0 Å². The van der Waals surface area contributed by atoms with Gasteiger partial charge in [0, 0.05) is 16.7 Å². The van der Waals surface area contributed by atoms with Crippen molar-refractivity contribution in [2.45, 2.75) is 6.42 Å². The van der Waals surface area contributed by atoms with Crippen molar-refractivity contribution in [1.82, 2.24) is 9.97 Å². The molecular formula is C28H18F2N2. The van der Waals surface area contributed by atoms with Crippen LogP contribution in [0, 0.1) is 11.6 Å². The third-order valence-corrected chi connectivity index (χ3v) is 6.02. The van der Waals surface area contributed by atoms with Crippen molar-refractivity contribution in [2.24, 2.45) is 0 Å². The van der Waals surface area contributed by atoms with Crippen molar-refractivity contribution in [2.75, 3.05) is 0 Å². The fourth-order valence-corrected chi connectivity index (χ4v) is 4.44. The summed E-state index contributed by atoms with van der Waals surface area (Å²) in [7, 11) is 0. The van der Waals surface area contributed by atoms with Crippen molar-refractivity contribution >= 4 is 0 Å². The largest absolute Gasteiger partial charge is 0.337 e. The Hall–Kier alpha value is -4.05. The fourth-order valence-electron chi connectivity index (χ4n) is 4.44. The second kappa shape index (κ2) is 7.27. The van der Waals surface area contributed by atoms with Gasteiger partial charge < -0.3 is 4.98 Å². The minimum atomic E-state index is -0.300. The van der Waals surface area contributed by atoms with Crippen LogP contribution in [0.4, 0.5) is 8.78 Å². The number of fused-ring (bicyclic) bond motifs is 3. The molecule has 0 fully saturated rings. The predicted molar refractivity (Wildman–Crippen MR) is 123 cm³/mol. The lowest BCUT2D eigenvalue weighted by molar-refractivity contribution is 0.627. The van der Waals surface area contributed by atoms with Gasteiger partial charge in [0.2, 0.25) is 0 Å². The van der Waals surface area contributed by atoms with E-state index in [0.717, 1.165) is 34.6 Å². The molecule has 0 bridgehead atoms. The zero-order valence-corrected chi connectivity index (χ0v) is 17.1. The minimum Gasteiger partial charge on any atom is -0.337 e. The first-order chi connectivity index (χ1) is 15.7. The first-order valence-electron chi connectivity index (χ1n) is 10.5. The highest BCUT2D eigenvalue weighted by molar-refractivity contribution is 5.83. The molecule has 1 aromatic heterocycles. The average molecular weight is 420 g/mol. The summed E-state index contributed by atoms with van der Waals surface area (Å²) in [6.45, 7) is 0. The lowest BCUT2D eigenvalue weighted by atomic mass is 10.0. The number of halogens is 2. The Morgan fingerprint density at radius 2 is 1.25 bits per heavy atom. The van der Waals surface area contributed by atoms with Crippen molar-refractivity contribution in [1.29, 1.82) is 0 Å². The van der Waals surface area contributed by atoms with E-state index in [0.29, 0.717) is 5.69 Å². The molecule has 0 saturated carbocycles. The molecular weight excluding hydrogens is 402 g/mol. The van der Waals surface area contributed by atoms with Crippen LogP contribution in [-0.2, 0) is 6.42 Å². The van der Waals surface area contributed by atoms with Crippen LogP contribution in [0.25, 0.3) is 45.0 Å². The number of hydrogen-bond donors (Lipinski definition) is 1. The van der Waals surface area contributed by atoms with E-state index < -0.39 is 0 Å². The van der Waals surface area contributed by atoms with E-state index in [4.69, 9.17) is 4.98 Å². The van der Waals surface area contributed by atoms with E-state index in [1.54, 1.807) is 24.3 Å². The van der Waals surface area contributed by atoms with Crippen LogP contribution in [0.1, 0.15) is 11.1 Å². The standard InChI is InChI=1S/C28H18F2N2/c29-22-10-5-17(6-11-22)26-27(18-7-12-23(30)13-8-18)32-28(31-26)20-9-14-25-21(16-20)15-19-3-1-2-4-24(19)25/h1-14,16H,15H2,(H,31,32). The third kappa shape index (κ3) is 3.12. The highest BCUT2D eigenvalue weighted by Gasteiger charge is 2.20. The van der Waals surface area contributed by atoms with Crippen LogP contribution in [0.5, 0.6) is 0 Å². The zero-order chi connectivity index (χ0) is 21.7. The molecule has 2 nitrogen and oxygen atoms in total. The summed E-state index contributed by atoms with van der Waals surface area (Å²) < 4.78 is 27.0. The molecule has 0 aliphatic heterocycles. The average Bonchev–Trinajstić information content (AvgIpc) is 3.42. The number of nitrogens with one attached hydrogen (secondary N) is 1. The Morgan fingerprint density at radius 3 is 2.00 bits per heavy atom. The summed E-state index contributed by atoms with van der Waals surface area (Å²) in [6.07, 6.45) is 0.899. The monoisotopic (exact) mass is 420 g/mol. The zero-order valence-electron chi connectivity index (χ0n) is 17.1. The molecule has 1 heterocycles. The number of nitrogens with zero attached hydrogens (tertiary/aromatic N) is 1. The van der Waals surface area contributed by atoms with Crippen LogP contribution in [0.3, 0.4) is 0 Å². The van der Waals surface area contributed by atoms with E-state index in [2.05, 4.69) is 47.4 Å². The van der Waals surface area contributed by atoms with E-state index in [1.165, 1.54) is 46.5 Å². The molecule has 6 rings (SSSR count). The van der Waals surface area contributed by atoms with E-state index in [-0.39, 0.29) is 11.6 Å². The van der Waals surface area contributed by atoms with Crippen molar-refractivity contribution in [3.8, 4) is 45.0 Å². The molecule has 4 aromatic carbocycles. The maximum Gasteiger partial charge on any atom is 0.138 e. The Labute approximate surface area is 184 Å². The van der Waals surface area contributed by atoms with Gasteiger partial charge in [-0.3, -0.25) is 0 Å². The normalized spacial score (nSPS) is 11.9. The number of rotatable bonds is 3. The van der Waals surface area contributed by atoms with Crippen LogP contribution < -0.4 is 0 Å². The first-order valence-corrected chi connectivity index (χ1v) is 10.5. The van der Waals surface area contributed by atoms with Gasteiger partial charge in [-0.2, -0.15) is 0 Å². The fraction of sp³-hybridized carbons (Fsp3) is 0.0357. The van der Waals surface area contributed by atoms with Crippen LogP contribution in [0.15, 0.2) is 91.0 Å². The van der Waals surface area contributed by atoms with Crippen LogP contribution in [0.2, 0.25) is 0 Å². The number of aromatic amines is 1. The van der Waals surface area contributed by atoms with Crippen LogP contribution in [-0.4, -0.2) is 9.97 Å². The van der Waals surface area contributed by atoms with Crippen molar-refractivity contribution in [3.05, 3.63) is 114 Å². The maximum atomic E-state index is 13.5. The minimum absolute atomic E-state index is 0.296. The summed E-state index contributed by atoms with van der Waals surface area (Å²) in [5.41, 5.74) is 9.21. The van der Waals surface area contributed by atoms with E-state index in [1.807, 2.05) is 0 Å². The van der Waals surface area contributed by atoms with Gasteiger partial charge >= 0.3 is 0 Å². The molecule has 5 aromatic rings. The Bertz CT molecular complexity index is 1390. The van der Waals surface area contributed by atoms with E-state index >= 15 is 0 Å². The SMILES string of the molecule is Fc1ccc(-c2nc(-c3ccc4c(c3)Cc3ccccc3-4)[nH]c2-c2ccc(F)cc2)cc1. The Kier molecular flexibility index (Phi) is 4.25. The van der Waals surface area contributed by atoms with Gasteiger partial charge in [-0.1, -0.05) is 36.4 Å². The maximum absolute atomic E-state index is 13.5. The van der Waals surface area contributed by atoms with Gasteiger partial charge in [0.05, 0.1) is 11.4 Å². The molecule has 0 atom stereocenters. The molecule has 0 radical (unpaired) electrons. The topological polar surface area (TPSA) is 28.7 Å². The highest BCUT2D eigenvalue weighted by Crippen LogP contribution is 2.39. The summed E-state index contributed by atoms with van der Waals surface area (Å²) in [6, 6.07) is 27.4. The highest BCUT2D eigenvalue weighted by atomic mass is 19.1. The van der Waals surface area contributed by atoms with Gasteiger partial charge in [0.1, 0.15) is 17.5 Å². The number of H-pyrrole nitrogens is 1. The molecule has 0 unspecified atom stereocenters. The lowest BCUT2D eigenvalue weighted by Crippen LogP contribution is -1.86. The second-order valence-electron chi connectivity index (χ2n) is 8.03. The second-order valence-corrected chi connectivity index (χ2v) is 8.03. The van der Waals surface area contributed by atoms with Gasteiger partial charge in [-0.15, -0.1) is 0 Å². The predicted octanol–water partition coefficient (Wildman–Crippen LogP) is 7.26. The molecule has 1 N–H and O–H groups in total. The number of hydrogen-bond acceptors (Lipinski definition) is 1. The van der Waals surface area contributed by atoms with E-state index in [9.17, 15) is 8.78 Å². The molecule has 1 aliphatic carbocycles. The quantitative estimate of drug-likeness (QED) is 0.321. The number of imidazole rings is 1. The Balaban J connectivity index is 1.48. The molecule has 154 valence electrons. The van der Waals surface area contributed by atoms with Crippen molar-refractivity contribution < 1.29 is 8.78 Å². The van der Waals surface area contributed by atoms with Gasteiger partial charge in [-0.25, -0.2) is 13.8 Å². The van der Waals surface area contributed by atoms with Gasteiger partial charge in [-0.05, 0) is 83.3 Å². The molecule has 1 aliphatic rings. The van der Waals surface area contributed by atoms with Crippen molar-refractivity contribution in [3.63, 3.8) is 0 Å². The molecule has 32 heavy (non-hydrogen) atoms. The first kappa shape index (κ1) is 18.7. The molecule has 0 amide bonds. The Morgan fingerprint density at radius 1 is 0.625 bits per heavy atom. The molecule has 4 heteroatoms. The molecule has 0 saturated heterocycles. The summed E-state index contributed by atoms with van der Waals surface area (Å²) >= 11 is 0. The summed E-state index contributed by atoms with van der Waals surface area (Å²) in [4.78, 5) is 8.31. The lowest BCUT2D eigenvalue weighted by Gasteiger charge is -2.04.